The minimum atomic E-state index is -0.0846. The number of aromatic nitrogens is 1. The number of rotatable bonds is 6. The van der Waals surface area contributed by atoms with Crippen LogP contribution in [0.2, 0.25) is 0 Å². The molecule has 0 aliphatic heterocycles. The number of hydrogen-bond donors (Lipinski definition) is 1. The Morgan fingerprint density at radius 3 is 2.53 bits per heavy atom. The van der Waals surface area contributed by atoms with Crippen molar-refractivity contribution in [2.75, 3.05) is 13.1 Å². The molecule has 0 radical (unpaired) electrons. The Hall–Kier alpha value is -2.18. The average molecular weight is 251 g/mol. The molecule has 1 atom stereocenters. The van der Waals surface area contributed by atoms with E-state index in [1.165, 1.54) is 5.56 Å². The molecule has 0 aliphatic rings. The van der Waals surface area contributed by atoms with E-state index >= 15 is 0 Å². The van der Waals surface area contributed by atoms with Crippen molar-refractivity contribution >= 4 is 0 Å². The molecule has 2 aromatic rings. The van der Waals surface area contributed by atoms with E-state index in [2.05, 4.69) is 16.4 Å². The third kappa shape index (κ3) is 4.20. The fourth-order valence-corrected chi connectivity index (χ4v) is 1.95. The van der Waals surface area contributed by atoms with Gasteiger partial charge in [-0.1, -0.05) is 30.3 Å². The van der Waals surface area contributed by atoms with Gasteiger partial charge in [-0.25, -0.2) is 0 Å². The van der Waals surface area contributed by atoms with Crippen LogP contribution in [-0.2, 0) is 6.42 Å². The van der Waals surface area contributed by atoms with Crippen LogP contribution >= 0.6 is 0 Å². The lowest BCUT2D eigenvalue weighted by Gasteiger charge is -2.10. The summed E-state index contributed by atoms with van der Waals surface area (Å²) in [6.07, 6.45) is 4.56. The summed E-state index contributed by atoms with van der Waals surface area (Å²) in [5.41, 5.74) is 2.33. The Morgan fingerprint density at radius 1 is 1.11 bits per heavy atom. The van der Waals surface area contributed by atoms with Crippen molar-refractivity contribution in [2.24, 2.45) is 0 Å². The van der Waals surface area contributed by atoms with Crippen LogP contribution in [0.15, 0.2) is 54.9 Å². The van der Waals surface area contributed by atoms with Gasteiger partial charge in [0.05, 0.1) is 12.0 Å². The molecule has 0 bridgehead atoms. The second-order valence-corrected chi connectivity index (χ2v) is 4.40. The first kappa shape index (κ1) is 13.3. The number of pyridine rings is 1. The standard InChI is InChI=1S/C16H17N3/c17-12-16(15-4-2-1-3-5-15)13-19-11-8-14-6-9-18-10-7-14/h1-7,9-10,16,19H,8,11,13H2. The van der Waals surface area contributed by atoms with Gasteiger partial charge in [0.2, 0.25) is 0 Å². The number of nitrogens with one attached hydrogen (secondary N) is 1. The van der Waals surface area contributed by atoms with E-state index in [-0.39, 0.29) is 5.92 Å². The van der Waals surface area contributed by atoms with Crippen LogP contribution in [0, 0.1) is 11.3 Å². The zero-order chi connectivity index (χ0) is 13.3. The van der Waals surface area contributed by atoms with Gasteiger partial charge in [-0.15, -0.1) is 0 Å². The molecule has 0 aliphatic carbocycles. The molecule has 1 aromatic carbocycles. The first-order chi connectivity index (χ1) is 9.40. The van der Waals surface area contributed by atoms with Crippen molar-refractivity contribution in [3.8, 4) is 6.07 Å². The molecule has 3 nitrogen and oxygen atoms in total. The average Bonchev–Trinajstić information content (AvgIpc) is 2.49. The summed E-state index contributed by atoms with van der Waals surface area (Å²) in [5, 5.41) is 12.5. The monoisotopic (exact) mass is 251 g/mol. The predicted molar refractivity (Wildman–Crippen MR) is 75.6 cm³/mol. The van der Waals surface area contributed by atoms with E-state index in [0.29, 0.717) is 6.54 Å². The van der Waals surface area contributed by atoms with Crippen LogP contribution < -0.4 is 5.32 Å². The van der Waals surface area contributed by atoms with E-state index in [1.54, 1.807) is 12.4 Å². The van der Waals surface area contributed by atoms with Crippen LogP contribution in [0.1, 0.15) is 17.0 Å². The van der Waals surface area contributed by atoms with Gasteiger partial charge in [-0.05, 0) is 36.2 Å². The van der Waals surface area contributed by atoms with E-state index in [0.717, 1.165) is 18.5 Å². The number of benzene rings is 1. The fraction of sp³-hybridized carbons (Fsp3) is 0.250. The highest BCUT2D eigenvalue weighted by Crippen LogP contribution is 2.12. The largest absolute Gasteiger partial charge is 0.315 e. The first-order valence-corrected chi connectivity index (χ1v) is 6.44. The highest BCUT2D eigenvalue weighted by molar-refractivity contribution is 5.25. The molecule has 3 heteroatoms. The molecule has 1 unspecified atom stereocenters. The van der Waals surface area contributed by atoms with Gasteiger partial charge < -0.3 is 5.32 Å². The quantitative estimate of drug-likeness (QED) is 0.802. The molecule has 0 saturated carbocycles. The van der Waals surface area contributed by atoms with Crippen molar-refractivity contribution < 1.29 is 0 Å². The molecule has 0 fully saturated rings. The summed E-state index contributed by atoms with van der Waals surface area (Å²) in [6, 6.07) is 16.3. The van der Waals surface area contributed by atoms with Gasteiger partial charge >= 0.3 is 0 Å². The Bertz CT molecular complexity index is 517. The van der Waals surface area contributed by atoms with Crippen LogP contribution in [0.25, 0.3) is 0 Å². The lowest BCUT2D eigenvalue weighted by atomic mass is 10.0. The van der Waals surface area contributed by atoms with E-state index in [4.69, 9.17) is 0 Å². The minimum absolute atomic E-state index is 0.0846. The van der Waals surface area contributed by atoms with Gasteiger partial charge in [0.15, 0.2) is 0 Å². The van der Waals surface area contributed by atoms with E-state index < -0.39 is 0 Å². The maximum absolute atomic E-state index is 9.20. The molecule has 1 N–H and O–H groups in total. The molecule has 1 aromatic heterocycles. The SMILES string of the molecule is N#CC(CNCCc1ccncc1)c1ccccc1. The van der Waals surface area contributed by atoms with Crippen molar-refractivity contribution in [2.45, 2.75) is 12.3 Å². The molecular formula is C16H17N3. The lowest BCUT2D eigenvalue weighted by molar-refractivity contribution is 0.650. The fourth-order valence-electron chi connectivity index (χ4n) is 1.95. The Balaban J connectivity index is 1.77. The molecule has 0 saturated heterocycles. The van der Waals surface area contributed by atoms with Crippen LogP contribution in [-0.4, -0.2) is 18.1 Å². The lowest BCUT2D eigenvalue weighted by Crippen LogP contribution is -2.23. The van der Waals surface area contributed by atoms with Crippen molar-refractivity contribution in [1.29, 1.82) is 5.26 Å². The molecule has 0 spiro atoms. The summed E-state index contributed by atoms with van der Waals surface area (Å²) in [4.78, 5) is 3.99. The Kier molecular flexibility index (Phi) is 5.09. The van der Waals surface area contributed by atoms with Crippen LogP contribution in [0.5, 0.6) is 0 Å². The molecular weight excluding hydrogens is 234 g/mol. The molecule has 19 heavy (non-hydrogen) atoms. The summed E-state index contributed by atoms with van der Waals surface area (Å²) in [7, 11) is 0. The van der Waals surface area contributed by atoms with E-state index in [1.807, 2.05) is 42.5 Å². The van der Waals surface area contributed by atoms with Gasteiger partial charge in [0.25, 0.3) is 0 Å². The molecule has 0 amide bonds. The minimum Gasteiger partial charge on any atom is -0.315 e. The summed E-state index contributed by atoms with van der Waals surface area (Å²) < 4.78 is 0. The normalized spacial score (nSPS) is 11.7. The van der Waals surface area contributed by atoms with Gasteiger partial charge in [-0.3, -0.25) is 4.98 Å². The van der Waals surface area contributed by atoms with E-state index in [9.17, 15) is 5.26 Å². The highest BCUT2D eigenvalue weighted by atomic mass is 14.9. The summed E-state index contributed by atoms with van der Waals surface area (Å²) in [5.74, 6) is -0.0846. The maximum Gasteiger partial charge on any atom is 0.0837 e. The third-order valence-electron chi connectivity index (χ3n) is 3.05. The zero-order valence-electron chi connectivity index (χ0n) is 10.8. The predicted octanol–water partition coefficient (Wildman–Crippen LogP) is 2.52. The molecule has 96 valence electrons. The van der Waals surface area contributed by atoms with Gasteiger partial charge in [0.1, 0.15) is 0 Å². The first-order valence-electron chi connectivity index (χ1n) is 6.44. The Labute approximate surface area is 113 Å². The van der Waals surface area contributed by atoms with Crippen molar-refractivity contribution in [3.63, 3.8) is 0 Å². The number of nitrogens with zero attached hydrogens (tertiary/aromatic N) is 2. The maximum atomic E-state index is 9.20. The van der Waals surface area contributed by atoms with Crippen molar-refractivity contribution in [3.05, 3.63) is 66.0 Å². The third-order valence-corrected chi connectivity index (χ3v) is 3.05. The summed E-state index contributed by atoms with van der Waals surface area (Å²) in [6.45, 7) is 1.56. The van der Waals surface area contributed by atoms with Gasteiger partial charge in [0, 0.05) is 18.9 Å². The van der Waals surface area contributed by atoms with Crippen molar-refractivity contribution in [1.82, 2.24) is 10.3 Å². The second-order valence-electron chi connectivity index (χ2n) is 4.40. The number of nitriles is 1. The summed E-state index contributed by atoms with van der Waals surface area (Å²) >= 11 is 0. The molecule has 2 rings (SSSR count). The van der Waals surface area contributed by atoms with Crippen LogP contribution in [0.4, 0.5) is 0 Å². The number of hydrogen-bond acceptors (Lipinski definition) is 3. The zero-order valence-corrected chi connectivity index (χ0v) is 10.8. The topological polar surface area (TPSA) is 48.7 Å². The Morgan fingerprint density at radius 2 is 1.84 bits per heavy atom. The second kappa shape index (κ2) is 7.30. The van der Waals surface area contributed by atoms with Crippen LogP contribution in [0.3, 0.4) is 0 Å². The van der Waals surface area contributed by atoms with Gasteiger partial charge in [-0.2, -0.15) is 5.26 Å². The highest BCUT2D eigenvalue weighted by Gasteiger charge is 2.08. The smallest absolute Gasteiger partial charge is 0.0837 e. The molecule has 1 heterocycles.